The van der Waals surface area contributed by atoms with Crippen molar-refractivity contribution in [2.45, 2.75) is 25.4 Å². The molecule has 1 aromatic rings. The molecular weight excluding hydrogens is 192 g/mol. The van der Waals surface area contributed by atoms with Crippen molar-refractivity contribution in [2.24, 2.45) is 0 Å². The maximum absolute atomic E-state index is 5.65. The van der Waals surface area contributed by atoms with Gasteiger partial charge >= 0.3 is 0 Å². The molecule has 1 unspecified atom stereocenters. The van der Waals surface area contributed by atoms with Crippen LogP contribution in [0.25, 0.3) is 0 Å². The van der Waals surface area contributed by atoms with Crippen LogP contribution in [0.5, 0.6) is 0 Å². The summed E-state index contributed by atoms with van der Waals surface area (Å²) in [4.78, 5) is 8.08. The van der Waals surface area contributed by atoms with Gasteiger partial charge in [0.1, 0.15) is 11.6 Å². The second-order valence-corrected chi connectivity index (χ2v) is 4.08. The zero-order valence-electron chi connectivity index (χ0n) is 8.86. The highest BCUT2D eigenvalue weighted by Crippen LogP contribution is 2.24. The normalized spacial score (nSPS) is 25.4. The third kappa shape index (κ3) is 2.56. The van der Waals surface area contributed by atoms with Gasteiger partial charge in [0.25, 0.3) is 0 Å². The van der Waals surface area contributed by atoms with Gasteiger partial charge in [-0.2, -0.15) is 0 Å². The van der Waals surface area contributed by atoms with E-state index < -0.39 is 0 Å². The molecule has 5 heteroatoms. The molecule has 1 atom stereocenters. The van der Waals surface area contributed by atoms with Crippen LogP contribution in [-0.2, 0) is 4.74 Å². The second kappa shape index (κ2) is 4.02. The summed E-state index contributed by atoms with van der Waals surface area (Å²) in [7, 11) is 0. The standard InChI is InChI=1S/C10H16N4O/c1-10(3-2-4-15-10)7-14-9-6-12-8(11)5-13-9/h5-6H,2-4,7H2,1H3,(H2,11,12)(H,13,14). The minimum absolute atomic E-state index is 0.0664. The lowest BCUT2D eigenvalue weighted by Crippen LogP contribution is -2.32. The molecule has 0 aliphatic carbocycles. The Labute approximate surface area is 89.1 Å². The number of aromatic nitrogens is 2. The number of rotatable bonds is 3. The highest BCUT2D eigenvalue weighted by atomic mass is 16.5. The zero-order chi connectivity index (χ0) is 10.7. The summed E-state index contributed by atoms with van der Waals surface area (Å²) in [5, 5.41) is 3.20. The molecule has 3 N–H and O–H groups in total. The molecule has 2 heterocycles. The Morgan fingerprint density at radius 3 is 3.00 bits per heavy atom. The molecule has 5 nitrogen and oxygen atoms in total. The minimum atomic E-state index is -0.0664. The van der Waals surface area contributed by atoms with E-state index in [0.717, 1.165) is 31.8 Å². The SMILES string of the molecule is CC1(CNc2cnc(N)cn2)CCCO1. The van der Waals surface area contributed by atoms with E-state index in [9.17, 15) is 0 Å². The van der Waals surface area contributed by atoms with Gasteiger partial charge in [-0.15, -0.1) is 0 Å². The van der Waals surface area contributed by atoms with Gasteiger partial charge in [-0.1, -0.05) is 0 Å². The summed E-state index contributed by atoms with van der Waals surface area (Å²) in [6.07, 6.45) is 5.39. The molecule has 0 radical (unpaired) electrons. The smallest absolute Gasteiger partial charge is 0.144 e. The number of hydrogen-bond donors (Lipinski definition) is 2. The van der Waals surface area contributed by atoms with Crippen LogP contribution in [-0.4, -0.2) is 28.7 Å². The maximum Gasteiger partial charge on any atom is 0.144 e. The third-order valence-corrected chi connectivity index (χ3v) is 2.62. The minimum Gasteiger partial charge on any atom is -0.382 e. The first-order chi connectivity index (χ1) is 7.18. The molecule has 2 rings (SSSR count). The number of nitrogen functional groups attached to an aromatic ring is 1. The second-order valence-electron chi connectivity index (χ2n) is 4.08. The fraction of sp³-hybridized carbons (Fsp3) is 0.600. The first kappa shape index (κ1) is 10.2. The lowest BCUT2D eigenvalue weighted by Gasteiger charge is -2.23. The van der Waals surface area contributed by atoms with Crippen molar-refractivity contribution in [1.82, 2.24) is 9.97 Å². The monoisotopic (exact) mass is 208 g/mol. The lowest BCUT2D eigenvalue weighted by atomic mass is 10.0. The molecule has 0 saturated carbocycles. The molecule has 1 aliphatic heterocycles. The molecule has 15 heavy (non-hydrogen) atoms. The predicted octanol–water partition coefficient (Wildman–Crippen LogP) is 1.04. The van der Waals surface area contributed by atoms with Crippen LogP contribution in [0.2, 0.25) is 0 Å². The Morgan fingerprint density at radius 1 is 1.53 bits per heavy atom. The van der Waals surface area contributed by atoms with Crippen LogP contribution in [0.4, 0.5) is 11.6 Å². The van der Waals surface area contributed by atoms with Crippen molar-refractivity contribution in [1.29, 1.82) is 0 Å². The van der Waals surface area contributed by atoms with E-state index in [-0.39, 0.29) is 5.60 Å². The van der Waals surface area contributed by atoms with Crippen molar-refractivity contribution in [3.8, 4) is 0 Å². The van der Waals surface area contributed by atoms with Gasteiger partial charge in [0.2, 0.25) is 0 Å². The summed E-state index contributed by atoms with van der Waals surface area (Å²) in [5.41, 5.74) is 5.38. The zero-order valence-corrected chi connectivity index (χ0v) is 8.86. The molecule has 0 bridgehead atoms. The largest absolute Gasteiger partial charge is 0.382 e. The van der Waals surface area contributed by atoms with Crippen molar-refractivity contribution in [3.63, 3.8) is 0 Å². The molecule has 1 fully saturated rings. The Hall–Kier alpha value is -1.36. The van der Waals surface area contributed by atoms with Crippen molar-refractivity contribution in [2.75, 3.05) is 24.2 Å². The Balaban J connectivity index is 1.90. The molecule has 1 saturated heterocycles. The molecule has 1 aromatic heterocycles. The molecule has 0 spiro atoms. The van der Waals surface area contributed by atoms with Crippen molar-refractivity contribution >= 4 is 11.6 Å². The lowest BCUT2D eigenvalue weighted by molar-refractivity contribution is 0.0315. The summed E-state index contributed by atoms with van der Waals surface area (Å²) < 4.78 is 5.65. The van der Waals surface area contributed by atoms with Gasteiger partial charge in [-0.25, -0.2) is 9.97 Å². The van der Waals surface area contributed by atoms with Gasteiger partial charge < -0.3 is 15.8 Å². The van der Waals surface area contributed by atoms with E-state index in [1.54, 1.807) is 12.4 Å². The average molecular weight is 208 g/mol. The number of nitrogens with one attached hydrogen (secondary N) is 1. The van der Waals surface area contributed by atoms with E-state index in [1.807, 2.05) is 0 Å². The number of hydrogen-bond acceptors (Lipinski definition) is 5. The highest BCUT2D eigenvalue weighted by Gasteiger charge is 2.29. The van der Waals surface area contributed by atoms with Gasteiger partial charge in [-0.05, 0) is 19.8 Å². The van der Waals surface area contributed by atoms with Crippen LogP contribution in [0.1, 0.15) is 19.8 Å². The fourth-order valence-electron chi connectivity index (χ4n) is 1.68. The van der Waals surface area contributed by atoms with E-state index in [1.165, 1.54) is 0 Å². The summed E-state index contributed by atoms with van der Waals surface area (Å²) in [6, 6.07) is 0. The van der Waals surface area contributed by atoms with Crippen LogP contribution < -0.4 is 11.1 Å². The van der Waals surface area contributed by atoms with Gasteiger partial charge in [0.15, 0.2) is 0 Å². The average Bonchev–Trinajstić information content (AvgIpc) is 2.65. The number of anilines is 2. The summed E-state index contributed by atoms with van der Waals surface area (Å²) in [5.74, 6) is 1.17. The fourth-order valence-corrected chi connectivity index (χ4v) is 1.68. The van der Waals surface area contributed by atoms with Crippen LogP contribution in [0.15, 0.2) is 12.4 Å². The molecule has 0 aromatic carbocycles. The Bertz CT molecular complexity index is 319. The summed E-state index contributed by atoms with van der Waals surface area (Å²) >= 11 is 0. The first-order valence-electron chi connectivity index (χ1n) is 5.13. The number of ether oxygens (including phenoxy) is 1. The van der Waals surface area contributed by atoms with E-state index in [4.69, 9.17) is 10.5 Å². The predicted molar refractivity (Wildman–Crippen MR) is 58.5 cm³/mol. The van der Waals surface area contributed by atoms with Crippen LogP contribution >= 0.6 is 0 Å². The van der Waals surface area contributed by atoms with E-state index >= 15 is 0 Å². The Kier molecular flexibility index (Phi) is 2.73. The van der Waals surface area contributed by atoms with E-state index in [2.05, 4.69) is 22.2 Å². The third-order valence-electron chi connectivity index (χ3n) is 2.62. The molecule has 1 aliphatic rings. The molecular formula is C10H16N4O. The molecule has 82 valence electrons. The number of nitrogens with zero attached hydrogens (tertiary/aromatic N) is 2. The quantitative estimate of drug-likeness (QED) is 0.776. The van der Waals surface area contributed by atoms with Gasteiger partial charge in [0.05, 0.1) is 18.0 Å². The van der Waals surface area contributed by atoms with Crippen LogP contribution in [0.3, 0.4) is 0 Å². The summed E-state index contributed by atoms with van der Waals surface area (Å²) in [6.45, 7) is 3.72. The number of nitrogens with two attached hydrogens (primary N) is 1. The highest BCUT2D eigenvalue weighted by molar-refractivity contribution is 5.36. The Morgan fingerprint density at radius 2 is 2.40 bits per heavy atom. The topological polar surface area (TPSA) is 73.1 Å². The van der Waals surface area contributed by atoms with Gasteiger partial charge in [0, 0.05) is 13.2 Å². The van der Waals surface area contributed by atoms with Crippen molar-refractivity contribution < 1.29 is 4.74 Å². The van der Waals surface area contributed by atoms with Gasteiger partial charge in [-0.3, -0.25) is 0 Å². The van der Waals surface area contributed by atoms with Crippen LogP contribution in [0, 0.1) is 0 Å². The van der Waals surface area contributed by atoms with E-state index in [0.29, 0.717) is 5.82 Å². The molecule has 0 amide bonds. The first-order valence-corrected chi connectivity index (χ1v) is 5.13. The van der Waals surface area contributed by atoms with Crippen molar-refractivity contribution in [3.05, 3.63) is 12.4 Å². The maximum atomic E-state index is 5.65.